The summed E-state index contributed by atoms with van der Waals surface area (Å²) in [5.41, 5.74) is 2.14. The first-order chi connectivity index (χ1) is 11.2. The minimum Gasteiger partial charge on any atom is -0.304 e. The predicted octanol–water partition coefficient (Wildman–Crippen LogP) is 2.58. The molecule has 8 heteroatoms. The molecule has 0 saturated heterocycles. The van der Waals surface area contributed by atoms with Crippen molar-refractivity contribution < 1.29 is 4.79 Å². The van der Waals surface area contributed by atoms with E-state index in [1.807, 2.05) is 0 Å². The smallest absolute Gasteiger partial charge is 0.275 e. The number of halogens is 1. The number of anilines is 1. The maximum atomic E-state index is 12.4. The first-order valence-electron chi connectivity index (χ1n) is 6.74. The van der Waals surface area contributed by atoms with Crippen molar-refractivity contribution in [3.8, 4) is 0 Å². The Morgan fingerprint density at radius 3 is 2.96 bits per heavy atom. The first-order valence-corrected chi connectivity index (χ1v) is 7.11. The largest absolute Gasteiger partial charge is 0.304 e. The number of fused-ring (bicyclic) bond motifs is 2. The molecule has 0 radical (unpaired) electrons. The van der Waals surface area contributed by atoms with E-state index >= 15 is 0 Å². The van der Waals surface area contributed by atoms with Crippen molar-refractivity contribution in [2.75, 3.05) is 5.32 Å². The van der Waals surface area contributed by atoms with Crippen LogP contribution in [0, 0.1) is 0 Å². The highest BCUT2D eigenvalue weighted by atomic mass is 35.5. The van der Waals surface area contributed by atoms with Crippen LogP contribution in [0.25, 0.3) is 16.7 Å². The van der Waals surface area contributed by atoms with Crippen LogP contribution in [0.4, 0.5) is 5.82 Å². The summed E-state index contributed by atoms with van der Waals surface area (Å²) in [6.07, 6.45) is 4.60. The molecule has 7 nitrogen and oxygen atoms in total. The van der Waals surface area contributed by atoms with E-state index in [2.05, 4.69) is 25.4 Å². The van der Waals surface area contributed by atoms with Gasteiger partial charge >= 0.3 is 0 Å². The van der Waals surface area contributed by atoms with Crippen molar-refractivity contribution in [1.29, 1.82) is 0 Å². The molecule has 23 heavy (non-hydrogen) atoms. The van der Waals surface area contributed by atoms with Crippen molar-refractivity contribution in [1.82, 2.24) is 24.6 Å². The van der Waals surface area contributed by atoms with E-state index in [9.17, 15) is 4.79 Å². The highest BCUT2D eigenvalue weighted by Gasteiger charge is 2.13. The van der Waals surface area contributed by atoms with Gasteiger partial charge in [-0.25, -0.2) is 19.5 Å². The fourth-order valence-corrected chi connectivity index (χ4v) is 2.47. The van der Waals surface area contributed by atoms with Crippen molar-refractivity contribution in [2.45, 2.75) is 0 Å². The van der Waals surface area contributed by atoms with Gasteiger partial charge in [0, 0.05) is 12.3 Å². The van der Waals surface area contributed by atoms with E-state index in [0.29, 0.717) is 33.2 Å². The number of amides is 1. The molecule has 1 amide bonds. The van der Waals surface area contributed by atoms with Gasteiger partial charge in [0.15, 0.2) is 11.5 Å². The summed E-state index contributed by atoms with van der Waals surface area (Å²) < 4.78 is 1.46. The second-order valence-electron chi connectivity index (χ2n) is 4.75. The van der Waals surface area contributed by atoms with Crippen LogP contribution in [0.5, 0.6) is 0 Å². The molecule has 4 rings (SSSR count). The van der Waals surface area contributed by atoms with Crippen LogP contribution < -0.4 is 5.32 Å². The lowest BCUT2D eigenvalue weighted by Crippen LogP contribution is -2.17. The maximum Gasteiger partial charge on any atom is 0.275 e. The molecule has 1 aromatic carbocycles. The van der Waals surface area contributed by atoms with E-state index in [1.165, 1.54) is 10.7 Å². The zero-order valence-corrected chi connectivity index (χ0v) is 12.4. The predicted molar refractivity (Wildman–Crippen MR) is 85.5 cm³/mol. The Hall–Kier alpha value is -3.06. The van der Waals surface area contributed by atoms with Crippen LogP contribution >= 0.6 is 11.6 Å². The topological polar surface area (TPSA) is 85.1 Å². The molecule has 112 valence electrons. The second kappa shape index (κ2) is 5.29. The average Bonchev–Trinajstić information content (AvgIpc) is 3.03. The normalized spacial score (nSPS) is 11.0. The Kier molecular flexibility index (Phi) is 3.13. The molecule has 0 aliphatic heterocycles. The fourth-order valence-electron chi connectivity index (χ4n) is 2.25. The lowest BCUT2D eigenvalue weighted by molar-refractivity contribution is 0.101. The number of nitrogens with one attached hydrogen (secondary N) is 1. The Labute approximate surface area is 135 Å². The number of rotatable bonds is 2. The van der Waals surface area contributed by atoms with E-state index in [0.717, 1.165) is 0 Å². The Morgan fingerprint density at radius 2 is 2.04 bits per heavy atom. The van der Waals surface area contributed by atoms with Gasteiger partial charge in [-0.3, -0.25) is 4.79 Å². The third-order valence-corrected chi connectivity index (χ3v) is 3.59. The summed E-state index contributed by atoms with van der Waals surface area (Å²) >= 11 is 6.06. The zero-order valence-electron chi connectivity index (χ0n) is 11.6. The maximum absolute atomic E-state index is 12.4. The van der Waals surface area contributed by atoms with Crippen LogP contribution in [0.3, 0.4) is 0 Å². The van der Waals surface area contributed by atoms with E-state index < -0.39 is 0 Å². The Morgan fingerprint density at radius 1 is 1.13 bits per heavy atom. The molecule has 0 fully saturated rings. The molecule has 3 aromatic heterocycles. The van der Waals surface area contributed by atoms with Crippen LogP contribution in [0.1, 0.15) is 10.5 Å². The molecule has 4 aromatic rings. The number of aromatic nitrogens is 5. The number of carbonyl (C=O) groups is 1. The summed E-state index contributed by atoms with van der Waals surface area (Å²) in [6, 6.07) is 8.60. The van der Waals surface area contributed by atoms with Gasteiger partial charge in [0.2, 0.25) is 0 Å². The van der Waals surface area contributed by atoms with Crippen molar-refractivity contribution in [2.24, 2.45) is 0 Å². The van der Waals surface area contributed by atoms with E-state index in [1.54, 1.807) is 42.7 Å². The first kappa shape index (κ1) is 13.6. The van der Waals surface area contributed by atoms with Gasteiger partial charge in [0.25, 0.3) is 5.91 Å². The van der Waals surface area contributed by atoms with Crippen LogP contribution in [0.15, 0.2) is 48.9 Å². The van der Waals surface area contributed by atoms with Gasteiger partial charge in [0.1, 0.15) is 11.2 Å². The van der Waals surface area contributed by atoms with E-state index in [4.69, 9.17) is 11.6 Å². The quantitative estimate of drug-likeness (QED) is 0.612. The molecule has 0 spiro atoms. The zero-order chi connectivity index (χ0) is 15.8. The lowest BCUT2D eigenvalue weighted by Gasteiger charge is -2.07. The Balaban J connectivity index is 1.70. The van der Waals surface area contributed by atoms with Gasteiger partial charge < -0.3 is 5.32 Å². The highest BCUT2D eigenvalue weighted by molar-refractivity contribution is 6.34. The SMILES string of the molecule is O=C(Nc1cnc2c(Cl)cccc2n1)c1ccnc2ccnn12. The van der Waals surface area contributed by atoms with Gasteiger partial charge in [0.05, 0.1) is 22.9 Å². The Bertz CT molecular complexity index is 1040. The highest BCUT2D eigenvalue weighted by Crippen LogP contribution is 2.20. The molecule has 0 aliphatic rings. The molecule has 0 atom stereocenters. The standard InChI is InChI=1S/C15H9ClN6O/c16-9-2-1-3-10-14(9)18-8-12(20-10)21-15(23)11-4-6-17-13-5-7-19-22(11)13/h1-8H,(H,20,21,23). The number of hydrogen-bond donors (Lipinski definition) is 1. The number of carbonyl (C=O) groups excluding carboxylic acids is 1. The molecule has 0 saturated carbocycles. The minimum atomic E-state index is -0.350. The summed E-state index contributed by atoms with van der Waals surface area (Å²) in [5.74, 6) is -0.0151. The summed E-state index contributed by atoms with van der Waals surface area (Å²) in [5, 5.41) is 7.30. The lowest BCUT2D eigenvalue weighted by atomic mass is 10.3. The average molecular weight is 325 g/mol. The van der Waals surface area contributed by atoms with Crippen molar-refractivity contribution >= 4 is 40.0 Å². The molecule has 1 N–H and O–H groups in total. The molecular formula is C15H9ClN6O. The van der Waals surface area contributed by atoms with Crippen LogP contribution in [-0.2, 0) is 0 Å². The van der Waals surface area contributed by atoms with Gasteiger partial charge in [-0.1, -0.05) is 17.7 Å². The summed E-state index contributed by atoms with van der Waals surface area (Å²) in [4.78, 5) is 25.1. The van der Waals surface area contributed by atoms with Gasteiger partial charge in [-0.2, -0.15) is 5.10 Å². The number of para-hydroxylation sites is 1. The third-order valence-electron chi connectivity index (χ3n) is 3.29. The second-order valence-corrected chi connectivity index (χ2v) is 5.16. The fraction of sp³-hybridized carbons (Fsp3) is 0. The number of nitrogens with zero attached hydrogens (tertiary/aromatic N) is 5. The molecular weight excluding hydrogens is 316 g/mol. The molecule has 0 unspecified atom stereocenters. The monoisotopic (exact) mass is 324 g/mol. The van der Waals surface area contributed by atoms with Gasteiger partial charge in [-0.15, -0.1) is 0 Å². The van der Waals surface area contributed by atoms with Crippen molar-refractivity contribution in [3.63, 3.8) is 0 Å². The number of hydrogen-bond acceptors (Lipinski definition) is 5. The number of benzene rings is 1. The minimum absolute atomic E-state index is 0.335. The van der Waals surface area contributed by atoms with Crippen LogP contribution in [0.2, 0.25) is 5.02 Å². The third kappa shape index (κ3) is 2.36. The van der Waals surface area contributed by atoms with Crippen LogP contribution in [-0.4, -0.2) is 30.5 Å². The molecule has 0 aliphatic carbocycles. The van der Waals surface area contributed by atoms with Gasteiger partial charge in [-0.05, 0) is 18.2 Å². The summed E-state index contributed by atoms with van der Waals surface area (Å²) in [6.45, 7) is 0. The van der Waals surface area contributed by atoms with Crippen molar-refractivity contribution in [3.05, 3.63) is 59.6 Å². The van der Waals surface area contributed by atoms with E-state index in [-0.39, 0.29) is 5.91 Å². The molecule has 0 bridgehead atoms. The summed E-state index contributed by atoms with van der Waals surface area (Å²) in [7, 11) is 0. The molecule has 3 heterocycles.